The van der Waals surface area contributed by atoms with E-state index in [0.717, 1.165) is 34.1 Å². The smallest absolute Gasteiger partial charge is 0.123 e. The van der Waals surface area contributed by atoms with Crippen LogP contribution in [0, 0.1) is 12.7 Å². The van der Waals surface area contributed by atoms with Gasteiger partial charge in [0.15, 0.2) is 0 Å². The molecule has 0 bridgehead atoms. The summed E-state index contributed by atoms with van der Waals surface area (Å²) in [7, 11) is 0. The molecule has 2 aromatic rings. The Morgan fingerprint density at radius 2 is 2.00 bits per heavy atom. The Bertz CT molecular complexity index is 630. The van der Waals surface area contributed by atoms with E-state index in [0.29, 0.717) is 5.02 Å². The molecule has 21 heavy (non-hydrogen) atoms. The van der Waals surface area contributed by atoms with Crippen LogP contribution in [0.25, 0.3) is 0 Å². The van der Waals surface area contributed by atoms with Gasteiger partial charge in [0.1, 0.15) is 5.82 Å². The maximum absolute atomic E-state index is 13.2. The quantitative estimate of drug-likeness (QED) is 0.738. The Morgan fingerprint density at radius 1 is 1.24 bits per heavy atom. The molecule has 0 saturated carbocycles. The third-order valence-corrected chi connectivity index (χ3v) is 4.47. The average molecular weight is 371 g/mol. The monoisotopic (exact) mass is 369 g/mol. The molecule has 2 rings (SSSR count). The standard InChI is InChI=1S/C17H18BrClFN/c1-3-21-17(15-10-13(19)5-7-16(15)18)9-12-4-6-14(20)8-11(12)2/h4-8,10,17,21H,3,9H2,1-2H3. The van der Waals surface area contributed by atoms with Gasteiger partial charge in [0.2, 0.25) is 0 Å². The number of rotatable bonds is 5. The van der Waals surface area contributed by atoms with Crippen molar-refractivity contribution in [1.82, 2.24) is 5.32 Å². The number of aryl methyl sites for hydroxylation is 1. The van der Waals surface area contributed by atoms with Crippen LogP contribution in [0.3, 0.4) is 0 Å². The molecule has 0 aliphatic heterocycles. The number of hydrogen-bond donors (Lipinski definition) is 1. The molecule has 1 N–H and O–H groups in total. The number of halogens is 3. The molecular weight excluding hydrogens is 353 g/mol. The average Bonchev–Trinajstić information content (AvgIpc) is 2.44. The van der Waals surface area contributed by atoms with Gasteiger partial charge in [0.05, 0.1) is 0 Å². The van der Waals surface area contributed by atoms with Crippen LogP contribution in [-0.4, -0.2) is 6.54 Å². The van der Waals surface area contributed by atoms with Crippen molar-refractivity contribution in [3.8, 4) is 0 Å². The van der Waals surface area contributed by atoms with Crippen LogP contribution in [-0.2, 0) is 6.42 Å². The fourth-order valence-electron chi connectivity index (χ4n) is 2.43. The maximum Gasteiger partial charge on any atom is 0.123 e. The van der Waals surface area contributed by atoms with Gasteiger partial charge in [0.25, 0.3) is 0 Å². The van der Waals surface area contributed by atoms with E-state index in [1.165, 1.54) is 6.07 Å². The summed E-state index contributed by atoms with van der Waals surface area (Å²) in [4.78, 5) is 0. The second kappa shape index (κ2) is 7.39. The zero-order valence-corrected chi connectivity index (χ0v) is 14.4. The van der Waals surface area contributed by atoms with Crippen LogP contribution in [0.2, 0.25) is 5.02 Å². The van der Waals surface area contributed by atoms with E-state index in [-0.39, 0.29) is 11.9 Å². The van der Waals surface area contributed by atoms with Gasteiger partial charge in [-0.1, -0.05) is 40.5 Å². The summed E-state index contributed by atoms with van der Waals surface area (Å²) in [6, 6.07) is 10.9. The molecule has 0 aromatic heterocycles. The van der Waals surface area contributed by atoms with Gasteiger partial charge in [-0.3, -0.25) is 0 Å². The molecule has 0 saturated heterocycles. The topological polar surface area (TPSA) is 12.0 Å². The zero-order valence-electron chi connectivity index (χ0n) is 12.1. The zero-order chi connectivity index (χ0) is 15.4. The van der Waals surface area contributed by atoms with Gasteiger partial charge in [0, 0.05) is 15.5 Å². The summed E-state index contributed by atoms with van der Waals surface area (Å²) in [5.74, 6) is -0.194. The van der Waals surface area contributed by atoms with E-state index in [9.17, 15) is 4.39 Å². The summed E-state index contributed by atoms with van der Waals surface area (Å²) in [5.41, 5.74) is 3.22. The minimum atomic E-state index is -0.194. The van der Waals surface area contributed by atoms with Crippen LogP contribution in [0.4, 0.5) is 4.39 Å². The number of nitrogens with one attached hydrogen (secondary N) is 1. The summed E-state index contributed by atoms with van der Waals surface area (Å²) >= 11 is 9.70. The molecule has 0 spiro atoms. The van der Waals surface area contributed by atoms with Crippen LogP contribution < -0.4 is 5.32 Å². The van der Waals surface area contributed by atoms with Crippen LogP contribution in [0.1, 0.15) is 29.7 Å². The van der Waals surface area contributed by atoms with Crippen molar-refractivity contribution in [2.45, 2.75) is 26.3 Å². The van der Waals surface area contributed by atoms with Crippen LogP contribution >= 0.6 is 27.5 Å². The first-order chi connectivity index (χ1) is 10.0. The van der Waals surface area contributed by atoms with Gasteiger partial charge in [-0.05, 0) is 66.9 Å². The van der Waals surface area contributed by atoms with E-state index in [2.05, 4.69) is 28.2 Å². The molecule has 0 aliphatic carbocycles. The lowest BCUT2D eigenvalue weighted by molar-refractivity contribution is 0.545. The Morgan fingerprint density at radius 3 is 2.67 bits per heavy atom. The summed E-state index contributed by atoms with van der Waals surface area (Å²) < 4.78 is 14.3. The highest BCUT2D eigenvalue weighted by atomic mass is 79.9. The summed E-state index contributed by atoms with van der Waals surface area (Å²) in [6.45, 7) is 4.86. The Kier molecular flexibility index (Phi) is 5.80. The maximum atomic E-state index is 13.2. The highest BCUT2D eigenvalue weighted by molar-refractivity contribution is 9.10. The SMILES string of the molecule is CCNC(Cc1ccc(F)cc1C)c1cc(Cl)ccc1Br. The lowest BCUT2D eigenvalue weighted by Gasteiger charge is -2.21. The molecule has 0 heterocycles. The molecule has 1 nitrogen and oxygen atoms in total. The summed E-state index contributed by atoms with van der Waals surface area (Å²) in [6.07, 6.45) is 0.791. The molecule has 2 aromatic carbocycles. The fourth-order valence-corrected chi connectivity index (χ4v) is 3.13. The molecule has 0 fully saturated rings. The van der Waals surface area contributed by atoms with Gasteiger partial charge in [-0.25, -0.2) is 4.39 Å². The van der Waals surface area contributed by atoms with Gasteiger partial charge in [-0.2, -0.15) is 0 Å². The number of likely N-dealkylation sites (N-methyl/N-ethyl adjacent to an activating group) is 1. The van der Waals surface area contributed by atoms with Crippen molar-refractivity contribution in [2.75, 3.05) is 6.54 Å². The lowest BCUT2D eigenvalue weighted by Crippen LogP contribution is -2.23. The van der Waals surface area contributed by atoms with Crippen molar-refractivity contribution in [2.24, 2.45) is 0 Å². The van der Waals surface area contributed by atoms with Gasteiger partial charge in [-0.15, -0.1) is 0 Å². The highest BCUT2D eigenvalue weighted by Crippen LogP contribution is 2.29. The molecule has 0 aliphatic rings. The number of benzene rings is 2. The molecule has 0 radical (unpaired) electrons. The first-order valence-corrected chi connectivity index (χ1v) is 8.11. The van der Waals surface area contributed by atoms with Crippen LogP contribution in [0.15, 0.2) is 40.9 Å². The van der Waals surface area contributed by atoms with E-state index in [1.54, 1.807) is 6.07 Å². The first kappa shape index (κ1) is 16.5. The highest BCUT2D eigenvalue weighted by Gasteiger charge is 2.16. The van der Waals surface area contributed by atoms with Crippen molar-refractivity contribution in [3.63, 3.8) is 0 Å². The predicted octanol–water partition coefficient (Wildman–Crippen LogP) is 5.44. The Hall–Kier alpha value is -0.900. The van der Waals surface area contributed by atoms with Crippen molar-refractivity contribution in [3.05, 3.63) is 68.4 Å². The second-order valence-corrected chi connectivity index (χ2v) is 6.34. The Labute approximate surface area is 138 Å². The second-order valence-electron chi connectivity index (χ2n) is 5.05. The van der Waals surface area contributed by atoms with E-state index >= 15 is 0 Å². The molecule has 1 unspecified atom stereocenters. The van der Waals surface area contributed by atoms with Gasteiger partial charge < -0.3 is 5.32 Å². The van der Waals surface area contributed by atoms with E-state index in [1.807, 2.05) is 31.2 Å². The third kappa shape index (κ3) is 4.29. The van der Waals surface area contributed by atoms with E-state index in [4.69, 9.17) is 11.6 Å². The van der Waals surface area contributed by atoms with Gasteiger partial charge >= 0.3 is 0 Å². The predicted molar refractivity (Wildman–Crippen MR) is 90.4 cm³/mol. The largest absolute Gasteiger partial charge is 0.310 e. The normalized spacial score (nSPS) is 12.4. The molecule has 0 amide bonds. The molecular formula is C17H18BrClFN. The van der Waals surface area contributed by atoms with E-state index < -0.39 is 0 Å². The molecule has 4 heteroatoms. The Balaban J connectivity index is 2.32. The number of hydrogen-bond acceptors (Lipinski definition) is 1. The van der Waals surface area contributed by atoms with Crippen molar-refractivity contribution >= 4 is 27.5 Å². The lowest BCUT2D eigenvalue weighted by atomic mass is 9.96. The minimum Gasteiger partial charge on any atom is -0.310 e. The minimum absolute atomic E-state index is 0.132. The first-order valence-electron chi connectivity index (χ1n) is 6.94. The van der Waals surface area contributed by atoms with Crippen molar-refractivity contribution in [1.29, 1.82) is 0 Å². The molecule has 112 valence electrons. The van der Waals surface area contributed by atoms with Crippen LogP contribution in [0.5, 0.6) is 0 Å². The third-order valence-electron chi connectivity index (χ3n) is 3.51. The summed E-state index contributed by atoms with van der Waals surface area (Å²) in [5, 5.41) is 4.19. The molecule has 1 atom stereocenters. The van der Waals surface area contributed by atoms with Crippen molar-refractivity contribution < 1.29 is 4.39 Å². The fraction of sp³-hybridized carbons (Fsp3) is 0.294.